The molecule has 1 N–H and O–H groups in total. The molecule has 1 saturated heterocycles. The third-order valence-electron chi connectivity index (χ3n) is 4.13. The molecule has 2 aromatic heterocycles. The Morgan fingerprint density at radius 2 is 1.96 bits per heavy atom. The summed E-state index contributed by atoms with van der Waals surface area (Å²) in [4.78, 5) is 25.9. The van der Waals surface area contributed by atoms with Gasteiger partial charge < -0.3 is 4.90 Å². The smallest absolute Gasteiger partial charge is 0.264 e. The molecule has 0 amide bonds. The minimum absolute atomic E-state index is 0.187. The predicted molar refractivity (Wildman–Crippen MR) is 91.7 cm³/mol. The number of nitrogens with one attached hydrogen (secondary N) is 1. The average Bonchev–Trinajstić information content (AvgIpc) is 3.10. The first-order valence-electron chi connectivity index (χ1n) is 7.67. The number of aromatic amines is 1. The third-order valence-corrected chi connectivity index (χ3v) is 4.53. The van der Waals surface area contributed by atoms with Gasteiger partial charge in [0.15, 0.2) is 5.65 Å². The van der Waals surface area contributed by atoms with Crippen LogP contribution in [0.4, 0.5) is 10.3 Å². The molecule has 0 aliphatic carbocycles. The number of hydrogen-bond acceptors (Lipinski definition) is 5. The van der Waals surface area contributed by atoms with Crippen molar-refractivity contribution in [2.45, 2.75) is 12.8 Å². The summed E-state index contributed by atoms with van der Waals surface area (Å²) >= 11 is 5.38. The van der Waals surface area contributed by atoms with Crippen LogP contribution in [0.1, 0.15) is 12.8 Å². The molecule has 4 rings (SSSR count). The molecule has 6 nitrogen and oxygen atoms in total. The van der Waals surface area contributed by atoms with Crippen LogP contribution < -0.4 is 10.5 Å². The first kappa shape index (κ1) is 14.9. The molecule has 0 atom stereocenters. The number of H-pyrrole nitrogens is 1. The molecule has 8 heteroatoms. The Kier molecular flexibility index (Phi) is 3.61. The fourth-order valence-electron chi connectivity index (χ4n) is 2.92. The normalized spacial score (nSPS) is 14.5. The maximum Gasteiger partial charge on any atom is 0.264 e. The molecule has 0 unspecified atom stereocenters. The van der Waals surface area contributed by atoms with Gasteiger partial charge in [0.2, 0.25) is 5.95 Å². The quantitative estimate of drug-likeness (QED) is 0.725. The maximum atomic E-state index is 14.0. The van der Waals surface area contributed by atoms with Crippen LogP contribution in [0.3, 0.4) is 0 Å². The lowest BCUT2D eigenvalue weighted by atomic mass is 10.3. The van der Waals surface area contributed by atoms with Crippen molar-refractivity contribution in [1.29, 1.82) is 0 Å². The van der Waals surface area contributed by atoms with Crippen molar-refractivity contribution in [2.24, 2.45) is 0 Å². The standard InChI is InChI=1S/C16H14FN5OS/c17-10-5-1-2-6-11(10)22-9-18-13-12(15(22)24)14(23)20-16(19-13)21-7-3-4-8-21/h1-2,5-6,9H,3-4,7-8H2,(H,19,20,23). The molecule has 0 saturated carbocycles. The van der Waals surface area contributed by atoms with Crippen LogP contribution in [0.5, 0.6) is 0 Å². The molecule has 122 valence electrons. The second-order valence-corrected chi connectivity index (χ2v) is 6.04. The van der Waals surface area contributed by atoms with Crippen molar-refractivity contribution >= 4 is 29.2 Å². The van der Waals surface area contributed by atoms with Crippen LogP contribution in [0.2, 0.25) is 0 Å². The van der Waals surface area contributed by atoms with Crippen LogP contribution in [-0.2, 0) is 0 Å². The van der Waals surface area contributed by atoms with Crippen molar-refractivity contribution in [1.82, 2.24) is 19.5 Å². The number of fused-ring (bicyclic) bond motifs is 1. The molecular weight excluding hydrogens is 329 g/mol. The molecule has 0 spiro atoms. The lowest BCUT2D eigenvalue weighted by molar-refractivity contribution is 0.616. The van der Waals surface area contributed by atoms with Crippen molar-refractivity contribution in [3.05, 3.63) is 51.4 Å². The number of nitrogens with zero attached hydrogens (tertiary/aromatic N) is 4. The summed E-state index contributed by atoms with van der Waals surface area (Å²) < 4.78 is 15.6. The Labute approximate surface area is 141 Å². The predicted octanol–water partition coefficient (Wildman–Crippen LogP) is 2.58. The van der Waals surface area contributed by atoms with Gasteiger partial charge in [0, 0.05) is 13.1 Å². The average molecular weight is 343 g/mol. The Morgan fingerprint density at radius 3 is 2.71 bits per heavy atom. The van der Waals surface area contributed by atoms with Crippen LogP contribution in [0, 0.1) is 10.5 Å². The topological polar surface area (TPSA) is 66.8 Å². The van der Waals surface area contributed by atoms with E-state index in [1.54, 1.807) is 18.2 Å². The SMILES string of the molecule is O=c1[nH]c(N2CCCC2)nc2ncn(-c3ccccc3F)c(=S)c12. The number of para-hydroxylation sites is 1. The monoisotopic (exact) mass is 343 g/mol. The van der Waals surface area contributed by atoms with Gasteiger partial charge in [-0.25, -0.2) is 9.37 Å². The second kappa shape index (κ2) is 5.79. The van der Waals surface area contributed by atoms with E-state index in [-0.39, 0.29) is 26.9 Å². The van der Waals surface area contributed by atoms with E-state index < -0.39 is 5.82 Å². The number of benzene rings is 1. The largest absolute Gasteiger partial charge is 0.342 e. The molecule has 3 heterocycles. The molecule has 24 heavy (non-hydrogen) atoms. The van der Waals surface area contributed by atoms with E-state index in [0.717, 1.165) is 25.9 Å². The van der Waals surface area contributed by atoms with E-state index in [4.69, 9.17) is 12.2 Å². The van der Waals surface area contributed by atoms with Crippen molar-refractivity contribution in [2.75, 3.05) is 18.0 Å². The summed E-state index contributed by atoms with van der Waals surface area (Å²) in [6.07, 6.45) is 3.55. The number of aromatic nitrogens is 4. The number of halogens is 1. The highest BCUT2D eigenvalue weighted by atomic mass is 32.1. The van der Waals surface area contributed by atoms with Crippen molar-refractivity contribution in [3.8, 4) is 5.69 Å². The van der Waals surface area contributed by atoms with Crippen LogP contribution in [0.25, 0.3) is 16.7 Å². The summed E-state index contributed by atoms with van der Waals surface area (Å²) in [6, 6.07) is 6.20. The molecule has 1 aromatic carbocycles. The Balaban J connectivity index is 1.93. The molecule has 3 aromatic rings. The van der Waals surface area contributed by atoms with E-state index in [1.165, 1.54) is 17.0 Å². The number of anilines is 1. The zero-order valence-corrected chi connectivity index (χ0v) is 13.5. The van der Waals surface area contributed by atoms with E-state index >= 15 is 0 Å². The Morgan fingerprint density at radius 1 is 1.21 bits per heavy atom. The number of rotatable bonds is 2. The molecule has 0 radical (unpaired) electrons. The highest BCUT2D eigenvalue weighted by molar-refractivity contribution is 7.71. The lowest BCUT2D eigenvalue weighted by Crippen LogP contribution is -2.24. The highest BCUT2D eigenvalue weighted by Gasteiger charge is 2.17. The highest BCUT2D eigenvalue weighted by Crippen LogP contribution is 2.19. The van der Waals surface area contributed by atoms with Crippen LogP contribution in [0.15, 0.2) is 35.4 Å². The maximum absolute atomic E-state index is 14.0. The van der Waals surface area contributed by atoms with Gasteiger partial charge in [0.05, 0.1) is 5.69 Å². The van der Waals surface area contributed by atoms with Crippen LogP contribution in [-0.4, -0.2) is 32.6 Å². The van der Waals surface area contributed by atoms with Gasteiger partial charge in [-0.15, -0.1) is 0 Å². The van der Waals surface area contributed by atoms with Gasteiger partial charge in [0.25, 0.3) is 5.56 Å². The van der Waals surface area contributed by atoms with Crippen LogP contribution >= 0.6 is 12.2 Å². The fourth-order valence-corrected chi connectivity index (χ4v) is 3.25. The van der Waals surface area contributed by atoms with Crippen molar-refractivity contribution in [3.63, 3.8) is 0 Å². The molecule has 0 bridgehead atoms. The van der Waals surface area contributed by atoms with Gasteiger partial charge in [-0.1, -0.05) is 24.4 Å². The van der Waals surface area contributed by atoms with E-state index in [9.17, 15) is 9.18 Å². The van der Waals surface area contributed by atoms with E-state index in [2.05, 4.69) is 15.0 Å². The first-order valence-corrected chi connectivity index (χ1v) is 8.07. The van der Waals surface area contributed by atoms with Crippen molar-refractivity contribution < 1.29 is 4.39 Å². The van der Waals surface area contributed by atoms with Gasteiger partial charge in [0.1, 0.15) is 22.2 Å². The minimum Gasteiger partial charge on any atom is -0.342 e. The van der Waals surface area contributed by atoms with Gasteiger partial charge in [-0.2, -0.15) is 4.98 Å². The molecular formula is C16H14FN5OS. The fraction of sp³-hybridized carbons (Fsp3) is 0.250. The minimum atomic E-state index is -0.437. The third kappa shape index (κ3) is 2.39. The lowest BCUT2D eigenvalue weighted by Gasteiger charge is -2.16. The zero-order chi connectivity index (χ0) is 16.7. The zero-order valence-electron chi connectivity index (χ0n) is 12.7. The summed E-state index contributed by atoms with van der Waals surface area (Å²) in [5.74, 6) is 0.0726. The molecule has 1 aliphatic heterocycles. The summed E-state index contributed by atoms with van der Waals surface area (Å²) in [5.41, 5.74) is 0.170. The Bertz CT molecular complexity index is 1040. The summed E-state index contributed by atoms with van der Waals surface area (Å²) in [6.45, 7) is 1.72. The summed E-state index contributed by atoms with van der Waals surface area (Å²) in [5, 5.41) is 0.193. The van der Waals surface area contributed by atoms with Gasteiger partial charge in [-0.05, 0) is 25.0 Å². The van der Waals surface area contributed by atoms with E-state index in [0.29, 0.717) is 5.95 Å². The van der Waals surface area contributed by atoms with Gasteiger partial charge >= 0.3 is 0 Å². The molecule has 1 aliphatic rings. The second-order valence-electron chi connectivity index (χ2n) is 5.65. The first-order chi connectivity index (χ1) is 11.6. The summed E-state index contributed by atoms with van der Waals surface area (Å²) in [7, 11) is 0. The van der Waals surface area contributed by atoms with Gasteiger partial charge in [-0.3, -0.25) is 14.3 Å². The Hall–Kier alpha value is -2.61. The number of hydrogen-bond donors (Lipinski definition) is 1. The molecule has 1 fully saturated rings. The van der Waals surface area contributed by atoms with E-state index in [1.807, 2.05) is 4.90 Å².